The van der Waals surface area contributed by atoms with E-state index < -0.39 is 12.3 Å². The molecular formula is C34H35F3N2O7S. The van der Waals surface area contributed by atoms with Gasteiger partial charge in [0.1, 0.15) is 34.6 Å². The molecule has 3 aliphatic rings. The average molecular weight is 673 g/mol. The van der Waals surface area contributed by atoms with Gasteiger partial charge in [0.25, 0.3) is 5.19 Å². The lowest BCUT2D eigenvalue weighted by molar-refractivity contribution is -0.274. The highest BCUT2D eigenvalue weighted by Gasteiger charge is 2.45. The first-order chi connectivity index (χ1) is 22.6. The molecule has 3 aliphatic carbocycles. The summed E-state index contributed by atoms with van der Waals surface area (Å²) in [5.74, 6) is 1.11. The Balaban J connectivity index is 1.06. The summed E-state index contributed by atoms with van der Waals surface area (Å²) >= 11 is 1.38. The Hall–Kier alpha value is -3.84. The SMILES string of the molecule is COC(=O)c1cc(OC(C)C)c2nc(OC3C4CCC3CC(OCc3c(-c5ccccc5OC(F)(F)F)noc3C3CC3)C4)sc2c1. The van der Waals surface area contributed by atoms with Gasteiger partial charge in [-0.1, -0.05) is 28.6 Å². The molecule has 2 atom stereocenters. The lowest BCUT2D eigenvalue weighted by Crippen LogP contribution is -2.38. The van der Waals surface area contributed by atoms with Crippen molar-refractivity contribution < 1.29 is 46.2 Å². The zero-order valence-electron chi connectivity index (χ0n) is 26.2. The van der Waals surface area contributed by atoms with Crippen molar-refractivity contribution in [1.29, 1.82) is 0 Å². The minimum atomic E-state index is -4.84. The second-order valence-corrected chi connectivity index (χ2v) is 13.7. The largest absolute Gasteiger partial charge is 0.573 e. The van der Waals surface area contributed by atoms with Gasteiger partial charge in [-0.2, -0.15) is 4.98 Å². The van der Waals surface area contributed by atoms with Crippen LogP contribution in [0.3, 0.4) is 0 Å². The Morgan fingerprint density at radius 1 is 1.06 bits per heavy atom. The maximum Gasteiger partial charge on any atom is 0.573 e. The molecule has 2 aromatic heterocycles. The van der Waals surface area contributed by atoms with E-state index in [1.165, 1.54) is 30.6 Å². The van der Waals surface area contributed by atoms with Crippen LogP contribution >= 0.6 is 11.3 Å². The summed E-state index contributed by atoms with van der Waals surface area (Å²) in [4.78, 5) is 17.1. The first-order valence-electron chi connectivity index (χ1n) is 15.9. The molecule has 3 saturated carbocycles. The Bertz CT molecular complexity index is 1750. The van der Waals surface area contributed by atoms with Crippen LogP contribution in [0.25, 0.3) is 21.5 Å². The second-order valence-electron chi connectivity index (χ2n) is 12.7. The third-order valence-corrected chi connectivity index (χ3v) is 9.92. The normalized spacial score (nSPS) is 22.5. The molecule has 7 rings (SSSR count). The number of ether oxygens (including phenoxy) is 5. The van der Waals surface area contributed by atoms with E-state index in [2.05, 4.69) is 9.89 Å². The third kappa shape index (κ3) is 6.78. The summed E-state index contributed by atoms with van der Waals surface area (Å²) in [6.07, 6.45) is 0.437. The number of esters is 1. The van der Waals surface area contributed by atoms with E-state index in [0.717, 1.165) is 43.2 Å². The highest BCUT2D eigenvalue weighted by molar-refractivity contribution is 7.20. The molecule has 4 aromatic rings. The molecule has 2 unspecified atom stereocenters. The fourth-order valence-corrected chi connectivity index (χ4v) is 7.80. The number of alkyl halides is 3. The van der Waals surface area contributed by atoms with Crippen molar-refractivity contribution in [3.05, 3.63) is 53.3 Å². The first kappa shape index (κ1) is 31.7. The summed E-state index contributed by atoms with van der Waals surface area (Å²) in [7, 11) is 1.34. The molecule has 0 N–H and O–H groups in total. The first-order valence-corrected chi connectivity index (χ1v) is 16.7. The number of hydrogen-bond acceptors (Lipinski definition) is 10. The van der Waals surface area contributed by atoms with E-state index in [1.54, 1.807) is 24.3 Å². The predicted octanol–water partition coefficient (Wildman–Crippen LogP) is 8.45. The van der Waals surface area contributed by atoms with Gasteiger partial charge in [-0.25, -0.2) is 4.79 Å². The van der Waals surface area contributed by atoms with Crippen molar-refractivity contribution in [3.8, 4) is 28.0 Å². The van der Waals surface area contributed by atoms with Crippen molar-refractivity contribution in [3.63, 3.8) is 0 Å². The molecule has 3 fully saturated rings. The van der Waals surface area contributed by atoms with Crippen molar-refractivity contribution in [2.45, 2.75) is 89.6 Å². The highest BCUT2D eigenvalue weighted by atomic mass is 32.1. The van der Waals surface area contributed by atoms with Crippen LogP contribution in [-0.2, 0) is 16.1 Å². The number of carbonyl (C=O) groups excluding carboxylic acids is 1. The van der Waals surface area contributed by atoms with Gasteiger partial charge >= 0.3 is 12.3 Å². The zero-order chi connectivity index (χ0) is 32.9. The van der Waals surface area contributed by atoms with Crippen molar-refractivity contribution in [2.75, 3.05) is 7.11 Å². The van der Waals surface area contributed by atoms with Gasteiger partial charge in [-0.15, -0.1) is 13.2 Å². The van der Waals surface area contributed by atoms with Gasteiger partial charge in [0.05, 0.1) is 36.2 Å². The van der Waals surface area contributed by atoms with E-state index in [1.807, 2.05) is 13.8 Å². The summed E-state index contributed by atoms with van der Waals surface area (Å²) in [6.45, 7) is 4.01. The van der Waals surface area contributed by atoms with Gasteiger partial charge in [0.2, 0.25) is 0 Å². The van der Waals surface area contributed by atoms with Crippen LogP contribution in [0.5, 0.6) is 16.7 Å². The van der Waals surface area contributed by atoms with Crippen molar-refractivity contribution in [2.24, 2.45) is 11.8 Å². The number of aromatic nitrogens is 2. The Labute approximate surface area is 273 Å². The van der Waals surface area contributed by atoms with Crippen LogP contribution in [0.15, 0.2) is 40.9 Å². The molecule has 47 heavy (non-hydrogen) atoms. The topological polar surface area (TPSA) is 102 Å². The second kappa shape index (κ2) is 12.6. The fraction of sp³-hybridized carbons (Fsp3) is 0.500. The molecule has 2 bridgehead atoms. The number of hydrogen-bond donors (Lipinski definition) is 0. The maximum atomic E-state index is 13.2. The summed E-state index contributed by atoms with van der Waals surface area (Å²) in [5.41, 5.74) is 2.25. The lowest BCUT2D eigenvalue weighted by Gasteiger charge is -2.34. The third-order valence-electron chi connectivity index (χ3n) is 9.03. The Kier molecular flexibility index (Phi) is 8.54. The van der Waals surface area contributed by atoms with Crippen LogP contribution in [0.1, 0.15) is 80.0 Å². The minimum absolute atomic E-state index is 0.0236. The van der Waals surface area contributed by atoms with Gasteiger partial charge in [-0.05, 0) is 88.5 Å². The average Bonchev–Trinajstić information content (AvgIpc) is 3.58. The molecule has 0 amide bonds. The monoisotopic (exact) mass is 672 g/mol. The number of para-hydroxylation sites is 1. The van der Waals surface area contributed by atoms with Crippen LogP contribution in [0.2, 0.25) is 0 Å². The van der Waals surface area contributed by atoms with Crippen LogP contribution < -0.4 is 14.2 Å². The predicted molar refractivity (Wildman–Crippen MR) is 166 cm³/mol. The van der Waals surface area contributed by atoms with Crippen molar-refractivity contribution >= 4 is 27.5 Å². The zero-order valence-corrected chi connectivity index (χ0v) is 27.0. The smallest absolute Gasteiger partial charge is 0.489 e. The van der Waals surface area contributed by atoms with E-state index in [9.17, 15) is 18.0 Å². The van der Waals surface area contributed by atoms with Gasteiger partial charge in [0.15, 0.2) is 0 Å². The molecule has 250 valence electrons. The molecule has 0 spiro atoms. The molecule has 0 aliphatic heterocycles. The summed E-state index contributed by atoms with van der Waals surface area (Å²) < 4.78 is 74.2. The number of nitrogens with zero attached hydrogens (tertiary/aromatic N) is 2. The number of methoxy groups -OCH3 is 1. The van der Waals surface area contributed by atoms with E-state index in [0.29, 0.717) is 39.0 Å². The molecule has 0 saturated heterocycles. The van der Waals surface area contributed by atoms with Gasteiger partial charge in [0, 0.05) is 17.0 Å². The Morgan fingerprint density at radius 3 is 2.49 bits per heavy atom. The number of carbonyl (C=O) groups is 1. The lowest BCUT2D eigenvalue weighted by atomic mass is 9.84. The van der Waals surface area contributed by atoms with Gasteiger partial charge < -0.3 is 28.2 Å². The number of halogens is 3. The van der Waals surface area contributed by atoms with E-state index >= 15 is 0 Å². The molecule has 13 heteroatoms. The fourth-order valence-electron chi connectivity index (χ4n) is 6.89. The van der Waals surface area contributed by atoms with Crippen LogP contribution in [0, 0.1) is 11.8 Å². The van der Waals surface area contributed by atoms with E-state index in [4.69, 9.17) is 28.5 Å². The molecule has 9 nitrogen and oxygen atoms in total. The Morgan fingerprint density at radius 2 is 1.81 bits per heavy atom. The van der Waals surface area contributed by atoms with Crippen LogP contribution in [-0.4, -0.2) is 47.9 Å². The standard InChI is InChI=1S/C34H35F3N2O7S/c1-17(2)43-26-14-21(32(40)41-3)15-27-29(26)38-33(47-27)44-30-19-10-11-20(30)13-22(12-19)42-16-24-28(39-46-31(24)18-8-9-18)23-6-4-5-7-25(23)45-34(35,36)37/h4-7,14-15,17-20,22,30H,8-13,16H2,1-3H3. The van der Waals surface area contributed by atoms with Gasteiger partial charge in [-0.3, -0.25) is 0 Å². The van der Waals surface area contributed by atoms with Crippen LogP contribution in [0.4, 0.5) is 13.2 Å². The van der Waals surface area contributed by atoms with Crippen molar-refractivity contribution in [1.82, 2.24) is 10.1 Å². The van der Waals surface area contributed by atoms with E-state index in [-0.39, 0.29) is 54.0 Å². The minimum Gasteiger partial charge on any atom is -0.489 e. The number of benzene rings is 2. The molecule has 2 heterocycles. The summed E-state index contributed by atoms with van der Waals surface area (Å²) in [6, 6.07) is 9.38. The molecule has 2 aromatic carbocycles. The molecule has 0 radical (unpaired) electrons. The number of fused-ring (bicyclic) bond motifs is 3. The quantitative estimate of drug-likeness (QED) is 0.145. The number of thiazole rings is 1. The number of rotatable bonds is 11. The summed E-state index contributed by atoms with van der Waals surface area (Å²) in [5, 5.41) is 4.73. The maximum absolute atomic E-state index is 13.2. The molecular weight excluding hydrogens is 637 g/mol. The highest BCUT2D eigenvalue weighted by Crippen LogP contribution is 2.49.